The first kappa shape index (κ1) is 15.1. The molecule has 0 fully saturated rings. The van der Waals surface area contributed by atoms with Crippen LogP contribution in [-0.2, 0) is 0 Å². The van der Waals surface area contributed by atoms with E-state index < -0.39 is 0 Å². The molecule has 4 heteroatoms. The third-order valence-corrected chi connectivity index (χ3v) is 3.47. The number of aryl methyl sites for hydroxylation is 1. The van der Waals surface area contributed by atoms with Crippen LogP contribution in [0.15, 0.2) is 24.3 Å². The van der Waals surface area contributed by atoms with Crippen LogP contribution in [0.4, 0.5) is 0 Å². The summed E-state index contributed by atoms with van der Waals surface area (Å²) < 4.78 is 0. The molecule has 0 aromatic heterocycles. The van der Waals surface area contributed by atoms with Gasteiger partial charge in [0.25, 0.3) is 0 Å². The van der Waals surface area contributed by atoms with E-state index in [2.05, 4.69) is 55.7 Å². The highest BCUT2D eigenvalue weighted by molar-refractivity contribution is 7.79. The minimum atomic E-state index is 0.252. The minimum absolute atomic E-state index is 0.252. The Morgan fingerprint density at radius 3 is 1.78 bits per heavy atom. The van der Waals surface area contributed by atoms with Crippen molar-refractivity contribution in [3.8, 4) is 0 Å². The van der Waals surface area contributed by atoms with Gasteiger partial charge >= 0.3 is 0 Å². The van der Waals surface area contributed by atoms with Crippen molar-refractivity contribution in [2.75, 3.05) is 0 Å². The fourth-order valence-corrected chi connectivity index (χ4v) is 2.65. The predicted octanol–water partition coefficient (Wildman–Crippen LogP) is 2.95. The number of nitrogens with one attached hydrogen (secondary N) is 2. The van der Waals surface area contributed by atoms with E-state index in [4.69, 9.17) is 24.4 Å². The summed E-state index contributed by atoms with van der Waals surface area (Å²) >= 11 is 9.77. The average Bonchev–Trinajstić information content (AvgIpc) is 2.33. The van der Waals surface area contributed by atoms with Crippen LogP contribution in [-0.4, -0.2) is 23.1 Å². The summed E-state index contributed by atoms with van der Waals surface area (Å²) in [5.74, 6) is 0.309. The number of hydrogen-bond donors (Lipinski definition) is 2. The highest BCUT2D eigenvalue weighted by Gasteiger charge is 2.24. The van der Waals surface area contributed by atoms with Crippen molar-refractivity contribution in [2.45, 2.75) is 38.8 Å². The molecule has 1 aromatic carbocycles. The molecule has 0 bridgehead atoms. The SMILES string of the molecule is Cc1ccc(C(C(C)NC=S)C(C)NC=S)cc1. The molecule has 98 valence electrons. The summed E-state index contributed by atoms with van der Waals surface area (Å²) in [4.78, 5) is 0. The molecule has 0 aliphatic heterocycles. The first-order valence-electron chi connectivity index (χ1n) is 6.06. The van der Waals surface area contributed by atoms with Gasteiger partial charge in [0.1, 0.15) is 0 Å². The molecule has 0 saturated heterocycles. The Balaban J connectivity index is 2.98. The van der Waals surface area contributed by atoms with Crippen LogP contribution in [0, 0.1) is 6.92 Å². The maximum Gasteiger partial charge on any atom is 0.0617 e. The molecule has 0 radical (unpaired) electrons. The third-order valence-electron chi connectivity index (χ3n) is 3.20. The molecule has 0 spiro atoms. The molecule has 2 nitrogen and oxygen atoms in total. The van der Waals surface area contributed by atoms with Gasteiger partial charge in [-0.1, -0.05) is 54.3 Å². The summed E-state index contributed by atoms with van der Waals surface area (Å²) in [5.41, 5.74) is 5.71. The van der Waals surface area contributed by atoms with E-state index in [-0.39, 0.29) is 12.1 Å². The highest BCUT2D eigenvalue weighted by Crippen LogP contribution is 2.24. The summed E-state index contributed by atoms with van der Waals surface area (Å²) in [5, 5.41) is 6.40. The van der Waals surface area contributed by atoms with Gasteiger partial charge in [-0.05, 0) is 26.3 Å². The second-order valence-electron chi connectivity index (χ2n) is 4.58. The molecular weight excluding hydrogens is 260 g/mol. The topological polar surface area (TPSA) is 24.1 Å². The lowest BCUT2D eigenvalue weighted by atomic mass is 9.86. The second kappa shape index (κ2) is 7.44. The van der Waals surface area contributed by atoms with E-state index in [1.807, 2.05) is 0 Å². The van der Waals surface area contributed by atoms with E-state index >= 15 is 0 Å². The summed E-state index contributed by atoms with van der Waals surface area (Å²) in [6.45, 7) is 6.36. The monoisotopic (exact) mass is 280 g/mol. The fraction of sp³-hybridized carbons (Fsp3) is 0.429. The quantitative estimate of drug-likeness (QED) is 0.750. The largest absolute Gasteiger partial charge is 0.379 e. The molecule has 2 unspecified atom stereocenters. The van der Waals surface area contributed by atoms with Crippen molar-refractivity contribution in [1.29, 1.82) is 0 Å². The number of rotatable bonds is 7. The van der Waals surface area contributed by atoms with E-state index in [0.717, 1.165) is 0 Å². The first-order valence-corrected chi connectivity index (χ1v) is 7.00. The van der Waals surface area contributed by atoms with Gasteiger partial charge in [0.2, 0.25) is 0 Å². The minimum Gasteiger partial charge on any atom is -0.379 e. The van der Waals surface area contributed by atoms with Gasteiger partial charge in [0.15, 0.2) is 0 Å². The summed E-state index contributed by atoms with van der Waals surface area (Å²) in [7, 11) is 0. The lowest BCUT2D eigenvalue weighted by molar-refractivity contribution is 0.442. The van der Waals surface area contributed by atoms with Gasteiger partial charge in [0, 0.05) is 18.0 Å². The van der Waals surface area contributed by atoms with Crippen LogP contribution in [0.25, 0.3) is 0 Å². The molecule has 0 aliphatic rings. The molecular formula is C14H20N2S2. The van der Waals surface area contributed by atoms with Crippen molar-refractivity contribution < 1.29 is 0 Å². The van der Waals surface area contributed by atoms with Gasteiger partial charge < -0.3 is 10.6 Å². The average molecular weight is 280 g/mol. The third kappa shape index (κ3) is 4.03. The van der Waals surface area contributed by atoms with Crippen LogP contribution >= 0.6 is 24.4 Å². The lowest BCUT2D eigenvalue weighted by Gasteiger charge is -2.30. The summed E-state index contributed by atoms with van der Waals surface area (Å²) in [6.07, 6.45) is 0. The maximum absolute atomic E-state index is 4.88. The van der Waals surface area contributed by atoms with Gasteiger partial charge in [-0.25, -0.2) is 0 Å². The smallest absolute Gasteiger partial charge is 0.0617 e. The van der Waals surface area contributed by atoms with Crippen molar-refractivity contribution in [1.82, 2.24) is 10.6 Å². The zero-order valence-corrected chi connectivity index (χ0v) is 12.6. The molecule has 1 rings (SSSR count). The number of thiocarbonyl (C=S) groups is 2. The zero-order chi connectivity index (χ0) is 13.5. The molecule has 0 heterocycles. The van der Waals surface area contributed by atoms with Crippen LogP contribution in [0.1, 0.15) is 30.9 Å². The van der Waals surface area contributed by atoms with Crippen molar-refractivity contribution >= 4 is 35.4 Å². The Kier molecular flexibility index (Phi) is 6.22. The normalized spacial score (nSPS) is 15.3. The molecule has 1 aromatic rings. The van der Waals surface area contributed by atoms with Crippen LogP contribution in [0.3, 0.4) is 0 Å². The van der Waals surface area contributed by atoms with Gasteiger partial charge in [0.05, 0.1) is 11.0 Å². The van der Waals surface area contributed by atoms with Gasteiger partial charge in [-0.3, -0.25) is 0 Å². The highest BCUT2D eigenvalue weighted by atomic mass is 32.1. The lowest BCUT2D eigenvalue weighted by Crippen LogP contribution is -2.42. The Hall–Kier alpha value is -1.00. The van der Waals surface area contributed by atoms with Gasteiger partial charge in [-0.2, -0.15) is 0 Å². The Labute approximate surface area is 120 Å². The van der Waals surface area contributed by atoms with Crippen LogP contribution in [0.2, 0.25) is 0 Å². The Morgan fingerprint density at radius 1 is 0.944 bits per heavy atom. The van der Waals surface area contributed by atoms with Crippen LogP contribution in [0.5, 0.6) is 0 Å². The standard InChI is InChI=1S/C14H20N2S2/c1-10-4-6-13(7-5-10)14(11(2)15-8-17)12(3)16-9-18/h4-9,11-12,14H,1-3H3,(H,15,17)(H,16,18). The van der Waals surface area contributed by atoms with E-state index in [9.17, 15) is 0 Å². The molecule has 0 aliphatic carbocycles. The van der Waals surface area contributed by atoms with Crippen molar-refractivity contribution in [3.05, 3.63) is 35.4 Å². The Morgan fingerprint density at radius 2 is 1.39 bits per heavy atom. The molecule has 0 amide bonds. The number of hydrogen-bond acceptors (Lipinski definition) is 2. The molecule has 2 N–H and O–H groups in total. The maximum atomic E-state index is 4.88. The van der Waals surface area contributed by atoms with E-state index in [1.165, 1.54) is 11.1 Å². The molecule has 18 heavy (non-hydrogen) atoms. The first-order chi connectivity index (χ1) is 8.60. The fourth-order valence-electron chi connectivity index (χ4n) is 2.22. The van der Waals surface area contributed by atoms with Crippen molar-refractivity contribution in [3.63, 3.8) is 0 Å². The second-order valence-corrected chi connectivity index (χ2v) is 5.05. The number of benzene rings is 1. The van der Waals surface area contributed by atoms with Crippen LogP contribution < -0.4 is 10.6 Å². The predicted molar refractivity (Wildman–Crippen MR) is 86.4 cm³/mol. The zero-order valence-electron chi connectivity index (χ0n) is 11.0. The summed E-state index contributed by atoms with van der Waals surface area (Å²) in [6, 6.07) is 9.12. The Bertz CT molecular complexity index is 373. The van der Waals surface area contributed by atoms with E-state index in [1.54, 1.807) is 11.0 Å². The van der Waals surface area contributed by atoms with E-state index in [0.29, 0.717) is 5.92 Å². The van der Waals surface area contributed by atoms with Gasteiger partial charge in [-0.15, -0.1) is 0 Å². The molecule has 2 atom stereocenters. The molecule has 0 saturated carbocycles. The van der Waals surface area contributed by atoms with Crippen molar-refractivity contribution in [2.24, 2.45) is 0 Å².